The lowest BCUT2D eigenvalue weighted by Gasteiger charge is -2.26. The molecule has 1 aliphatic rings. The molecular weight excluding hydrogens is 252 g/mol. The molecule has 0 saturated heterocycles. The number of hydrogen-bond acceptors (Lipinski definition) is 2. The van der Waals surface area contributed by atoms with Gasteiger partial charge in [-0.3, -0.25) is 4.68 Å². The van der Waals surface area contributed by atoms with Crippen molar-refractivity contribution in [2.75, 3.05) is 5.32 Å². The molecule has 1 aromatic heterocycles. The quantitative estimate of drug-likeness (QED) is 0.897. The minimum absolute atomic E-state index is 0.144. The highest BCUT2D eigenvalue weighted by molar-refractivity contribution is 5.89. The number of urea groups is 1. The molecule has 1 heterocycles. The summed E-state index contributed by atoms with van der Waals surface area (Å²) in [4.78, 5) is 11.7. The van der Waals surface area contributed by atoms with Crippen molar-refractivity contribution in [1.82, 2.24) is 15.1 Å². The van der Waals surface area contributed by atoms with Gasteiger partial charge in [-0.15, -0.1) is 0 Å². The minimum atomic E-state index is -0.144. The van der Waals surface area contributed by atoms with Gasteiger partial charge >= 0.3 is 6.03 Å². The molecule has 3 rings (SSSR count). The van der Waals surface area contributed by atoms with E-state index >= 15 is 0 Å². The van der Waals surface area contributed by atoms with Gasteiger partial charge in [-0.1, -0.05) is 30.3 Å². The average Bonchev–Trinajstić information content (AvgIpc) is 2.82. The molecule has 2 amide bonds. The van der Waals surface area contributed by atoms with Crippen LogP contribution in [0.15, 0.2) is 42.7 Å². The first-order chi connectivity index (χ1) is 9.79. The summed E-state index contributed by atoms with van der Waals surface area (Å²) in [5.74, 6) is 0. The second-order valence-electron chi connectivity index (χ2n) is 5.14. The Morgan fingerprint density at radius 2 is 2.10 bits per heavy atom. The zero-order chi connectivity index (χ0) is 13.8. The number of hydrogen-bond donors (Lipinski definition) is 2. The Balaban J connectivity index is 1.55. The van der Waals surface area contributed by atoms with Crippen LogP contribution in [0.3, 0.4) is 0 Å². The van der Waals surface area contributed by atoms with E-state index in [4.69, 9.17) is 0 Å². The van der Waals surface area contributed by atoms with Gasteiger partial charge < -0.3 is 10.6 Å². The number of rotatable bonds is 4. The lowest BCUT2D eigenvalue weighted by Crippen LogP contribution is -2.41. The molecule has 20 heavy (non-hydrogen) atoms. The van der Waals surface area contributed by atoms with Gasteiger partial charge in [-0.25, -0.2) is 4.79 Å². The fourth-order valence-electron chi connectivity index (χ4n) is 2.19. The summed E-state index contributed by atoms with van der Waals surface area (Å²) in [5, 5.41) is 10.0. The smallest absolute Gasteiger partial charge is 0.319 e. The third-order valence-corrected chi connectivity index (χ3v) is 3.52. The molecule has 2 aromatic rings. The van der Waals surface area contributed by atoms with Crippen molar-refractivity contribution in [3.63, 3.8) is 0 Å². The summed E-state index contributed by atoms with van der Waals surface area (Å²) in [7, 11) is 0. The van der Waals surface area contributed by atoms with E-state index in [1.54, 1.807) is 6.20 Å². The van der Waals surface area contributed by atoms with Crippen LogP contribution in [-0.2, 0) is 6.54 Å². The van der Waals surface area contributed by atoms with Crippen molar-refractivity contribution in [2.45, 2.75) is 31.8 Å². The van der Waals surface area contributed by atoms with Crippen LogP contribution in [0.2, 0.25) is 0 Å². The summed E-state index contributed by atoms with van der Waals surface area (Å²) in [6, 6.07) is 10.3. The van der Waals surface area contributed by atoms with E-state index in [1.807, 2.05) is 29.1 Å². The Hall–Kier alpha value is -2.30. The highest BCUT2D eigenvalue weighted by Crippen LogP contribution is 2.18. The highest BCUT2D eigenvalue weighted by atomic mass is 16.2. The number of aromatic nitrogens is 2. The summed E-state index contributed by atoms with van der Waals surface area (Å²) >= 11 is 0. The SMILES string of the molecule is O=C(Nc1cnn(Cc2ccccc2)c1)NC1CCC1. The van der Waals surface area contributed by atoms with Gasteiger partial charge in [-0.2, -0.15) is 5.10 Å². The Labute approximate surface area is 118 Å². The van der Waals surface area contributed by atoms with Crippen molar-refractivity contribution in [3.05, 3.63) is 48.3 Å². The van der Waals surface area contributed by atoms with E-state index in [0.717, 1.165) is 18.5 Å². The standard InChI is InChI=1S/C15H18N4O/c20-15(17-13-7-4-8-13)18-14-9-16-19(11-14)10-12-5-2-1-3-6-12/h1-3,5-6,9,11,13H,4,7-8,10H2,(H2,17,18,20). The predicted molar refractivity (Wildman–Crippen MR) is 77.6 cm³/mol. The molecule has 5 nitrogen and oxygen atoms in total. The molecule has 1 fully saturated rings. The molecule has 0 atom stereocenters. The molecule has 0 spiro atoms. The zero-order valence-electron chi connectivity index (χ0n) is 11.2. The molecular formula is C15H18N4O. The molecule has 0 aliphatic heterocycles. The van der Waals surface area contributed by atoms with Crippen molar-refractivity contribution in [3.8, 4) is 0 Å². The van der Waals surface area contributed by atoms with E-state index in [-0.39, 0.29) is 6.03 Å². The molecule has 0 bridgehead atoms. The van der Waals surface area contributed by atoms with Crippen molar-refractivity contribution in [2.24, 2.45) is 0 Å². The van der Waals surface area contributed by atoms with Gasteiger partial charge in [-0.05, 0) is 24.8 Å². The van der Waals surface area contributed by atoms with Crippen LogP contribution in [-0.4, -0.2) is 21.9 Å². The second-order valence-corrected chi connectivity index (χ2v) is 5.14. The van der Waals surface area contributed by atoms with Crippen LogP contribution in [0, 0.1) is 0 Å². The number of carbonyl (C=O) groups is 1. The van der Waals surface area contributed by atoms with Gasteiger partial charge in [0.25, 0.3) is 0 Å². The molecule has 104 valence electrons. The minimum Gasteiger partial charge on any atom is -0.335 e. The first-order valence-electron chi connectivity index (χ1n) is 6.93. The molecule has 0 unspecified atom stereocenters. The summed E-state index contributed by atoms with van der Waals surface area (Å²) in [5.41, 5.74) is 1.90. The maximum Gasteiger partial charge on any atom is 0.319 e. The van der Waals surface area contributed by atoms with Crippen LogP contribution in [0.5, 0.6) is 0 Å². The van der Waals surface area contributed by atoms with Crippen LogP contribution >= 0.6 is 0 Å². The zero-order valence-corrected chi connectivity index (χ0v) is 11.2. The van der Waals surface area contributed by atoms with Gasteiger partial charge in [0.05, 0.1) is 18.4 Å². The lowest BCUT2D eigenvalue weighted by molar-refractivity contribution is 0.240. The first-order valence-corrected chi connectivity index (χ1v) is 6.93. The normalized spacial score (nSPS) is 14.6. The molecule has 2 N–H and O–H groups in total. The predicted octanol–water partition coefficient (Wildman–Crippen LogP) is 2.61. The molecule has 0 radical (unpaired) electrons. The van der Waals surface area contributed by atoms with Gasteiger partial charge in [0, 0.05) is 12.2 Å². The van der Waals surface area contributed by atoms with Gasteiger partial charge in [0.15, 0.2) is 0 Å². The topological polar surface area (TPSA) is 59.0 Å². The third kappa shape index (κ3) is 3.17. The van der Waals surface area contributed by atoms with E-state index in [9.17, 15) is 4.79 Å². The highest BCUT2D eigenvalue weighted by Gasteiger charge is 2.19. The van der Waals surface area contributed by atoms with Crippen molar-refractivity contribution < 1.29 is 4.79 Å². The monoisotopic (exact) mass is 270 g/mol. The van der Waals surface area contributed by atoms with Crippen LogP contribution in [0.25, 0.3) is 0 Å². The molecule has 1 saturated carbocycles. The number of anilines is 1. The van der Waals surface area contributed by atoms with Crippen molar-refractivity contribution >= 4 is 11.7 Å². The van der Waals surface area contributed by atoms with E-state index in [1.165, 1.54) is 12.0 Å². The maximum absolute atomic E-state index is 11.7. The van der Waals surface area contributed by atoms with Gasteiger partial charge in [0.1, 0.15) is 0 Å². The maximum atomic E-state index is 11.7. The van der Waals surface area contributed by atoms with E-state index < -0.39 is 0 Å². The lowest BCUT2D eigenvalue weighted by atomic mass is 9.93. The average molecular weight is 270 g/mol. The fourth-order valence-corrected chi connectivity index (χ4v) is 2.19. The van der Waals surface area contributed by atoms with Crippen LogP contribution < -0.4 is 10.6 Å². The molecule has 1 aliphatic carbocycles. The number of benzene rings is 1. The second kappa shape index (κ2) is 5.77. The first kappa shape index (κ1) is 12.7. The number of carbonyl (C=O) groups excluding carboxylic acids is 1. The Morgan fingerprint density at radius 1 is 1.30 bits per heavy atom. The Bertz CT molecular complexity index is 575. The van der Waals surface area contributed by atoms with E-state index in [2.05, 4.69) is 27.9 Å². The third-order valence-electron chi connectivity index (χ3n) is 3.52. The summed E-state index contributed by atoms with van der Waals surface area (Å²) < 4.78 is 1.81. The summed E-state index contributed by atoms with van der Waals surface area (Å²) in [6.07, 6.45) is 6.89. The summed E-state index contributed by atoms with van der Waals surface area (Å²) in [6.45, 7) is 0.701. The fraction of sp³-hybridized carbons (Fsp3) is 0.333. The van der Waals surface area contributed by atoms with Crippen LogP contribution in [0.4, 0.5) is 10.5 Å². The van der Waals surface area contributed by atoms with Crippen molar-refractivity contribution in [1.29, 1.82) is 0 Å². The van der Waals surface area contributed by atoms with Gasteiger partial charge in [0.2, 0.25) is 0 Å². The Kier molecular flexibility index (Phi) is 3.67. The molecule has 1 aromatic carbocycles. The molecule has 5 heteroatoms. The van der Waals surface area contributed by atoms with E-state index in [0.29, 0.717) is 12.6 Å². The number of amides is 2. The largest absolute Gasteiger partial charge is 0.335 e. The Morgan fingerprint density at radius 3 is 2.80 bits per heavy atom. The van der Waals surface area contributed by atoms with Crippen LogP contribution in [0.1, 0.15) is 24.8 Å². The number of nitrogens with one attached hydrogen (secondary N) is 2. The number of nitrogens with zero attached hydrogens (tertiary/aromatic N) is 2.